The van der Waals surface area contributed by atoms with Crippen molar-refractivity contribution >= 4 is 29.1 Å². The second-order valence-corrected chi connectivity index (χ2v) is 6.96. The summed E-state index contributed by atoms with van der Waals surface area (Å²) in [5, 5.41) is 6.34. The lowest BCUT2D eigenvalue weighted by Gasteiger charge is -2.16. The Hall–Kier alpha value is -2.53. The van der Waals surface area contributed by atoms with Crippen LogP contribution in [0.1, 0.15) is 24.0 Å². The number of anilines is 1. The number of carbonyl (C=O) groups excluding carboxylic acids is 2. The Morgan fingerprint density at radius 3 is 2.38 bits per heavy atom. The summed E-state index contributed by atoms with van der Waals surface area (Å²) in [5.41, 5.74) is 1.51. The minimum Gasteiger partial charge on any atom is -0.497 e. The van der Waals surface area contributed by atoms with Gasteiger partial charge in [0.1, 0.15) is 11.2 Å². The smallest absolute Gasteiger partial charge is 0.240 e. The molecule has 6 heteroatoms. The fourth-order valence-corrected chi connectivity index (χ4v) is 3.01. The highest BCUT2D eigenvalue weighted by Crippen LogP contribution is 2.47. The van der Waals surface area contributed by atoms with E-state index in [4.69, 9.17) is 16.3 Å². The molecule has 0 atom stereocenters. The molecule has 2 N–H and O–H groups in total. The standard InChI is InChI=1S/C20H21ClN2O3/c1-13-11-15(21)5-8-17(13)23-19(25)20(9-10-20)18(24)22-12-14-3-6-16(26-2)7-4-14/h3-8,11H,9-10,12H2,1-2H3,(H,22,24)(H,23,25). The van der Waals surface area contributed by atoms with Crippen molar-refractivity contribution in [1.82, 2.24) is 5.32 Å². The van der Waals surface area contributed by atoms with E-state index in [1.165, 1.54) is 0 Å². The minimum atomic E-state index is -0.974. The first-order valence-electron chi connectivity index (χ1n) is 8.43. The van der Waals surface area contributed by atoms with Crippen molar-refractivity contribution in [3.05, 3.63) is 58.6 Å². The van der Waals surface area contributed by atoms with Crippen molar-refractivity contribution < 1.29 is 14.3 Å². The molecule has 3 rings (SSSR count). The van der Waals surface area contributed by atoms with Crippen LogP contribution in [0.4, 0.5) is 5.69 Å². The molecule has 26 heavy (non-hydrogen) atoms. The molecule has 136 valence electrons. The predicted octanol–water partition coefficient (Wildman–Crippen LogP) is 3.69. The van der Waals surface area contributed by atoms with E-state index in [0.29, 0.717) is 30.1 Å². The van der Waals surface area contributed by atoms with Gasteiger partial charge in [-0.15, -0.1) is 0 Å². The molecular formula is C20H21ClN2O3. The highest BCUT2D eigenvalue weighted by atomic mass is 35.5. The Balaban J connectivity index is 1.61. The van der Waals surface area contributed by atoms with Gasteiger partial charge in [-0.2, -0.15) is 0 Å². The third-order valence-corrected chi connectivity index (χ3v) is 4.90. The van der Waals surface area contributed by atoms with E-state index in [9.17, 15) is 9.59 Å². The van der Waals surface area contributed by atoms with Gasteiger partial charge in [-0.25, -0.2) is 0 Å². The average molecular weight is 373 g/mol. The highest BCUT2D eigenvalue weighted by Gasteiger charge is 2.56. The first-order chi connectivity index (χ1) is 12.4. The molecule has 1 saturated carbocycles. The molecule has 0 spiro atoms. The maximum Gasteiger partial charge on any atom is 0.240 e. The topological polar surface area (TPSA) is 67.4 Å². The van der Waals surface area contributed by atoms with Crippen molar-refractivity contribution in [2.24, 2.45) is 5.41 Å². The van der Waals surface area contributed by atoms with E-state index >= 15 is 0 Å². The number of carbonyl (C=O) groups is 2. The SMILES string of the molecule is COc1ccc(CNC(=O)C2(C(=O)Nc3ccc(Cl)cc3C)CC2)cc1. The van der Waals surface area contributed by atoms with E-state index in [1.54, 1.807) is 25.3 Å². The van der Waals surface area contributed by atoms with Crippen LogP contribution >= 0.6 is 11.6 Å². The second kappa shape index (κ2) is 7.38. The van der Waals surface area contributed by atoms with E-state index in [1.807, 2.05) is 31.2 Å². The highest BCUT2D eigenvalue weighted by molar-refractivity contribution is 6.30. The molecule has 0 unspecified atom stereocenters. The third kappa shape index (κ3) is 3.83. The number of aryl methyl sites for hydroxylation is 1. The summed E-state index contributed by atoms with van der Waals surface area (Å²) in [4.78, 5) is 25.2. The number of hydrogen-bond acceptors (Lipinski definition) is 3. The monoisotopic (exact) mass is 372 g/mol. The lowest BCUT2D eigenvalue weighted by molar-refractivity contribution is -0.134. The number of nitrogens with one attached hydrogen (secondary N) is 2. The molecule has 1 aliphatic rings. The first-order valence-corrected chi connectivity index (χ1v) is 8.81. The summed E-state index contributed by atoms with van der Waals surface area (Å²) in [7, 11) is 1.61. The van der Waals surface area contributed by atoms with Gasteiger partial charge in [-0.3, -0.25) is 9.59 Å². The molecule has 0 heterocycles. The van der Waals surface area contributed by atoms with E-state index in [2.05, 4.69) is 10.6 Å². The predicted molar refractivity (Wildman–Crippen MR) is 101 cm³/mol. The molecule has 1 aliphatic carbocycles. The molecule has 5 nitrogen and oxygen atoms in total. The van der Waals surface area contributed by atoms with Gasteiger partial charge in [0.05, 0.1) is 7.11 Å². The van der Waals surface area contributed by atoms with Crippen LogP contribution in [0.2, 0.25) is 5.02 Å². The molecule has 0 radical (unpaired) electrons. The number of hydrogen-bond donors (Lipinski definition) is 2. The summed E-state index contributed by atoms with van der Waals surface area (Å²) in [6.07, 6.45) is 1.11. The van der Waals surface area contributed by atoms with Crippen LogP contribution in [0, 0.1) is 12.3 Å². The third-order valence-electron chi connectivity index (χ3n) is 4.67. The largest absolute Gasteiger partial charge is 0.497 e. The molecule has 2 amide bonds. The zero-order valence-electron chi connectivity index (χ0n) is 14.8. The number of benzene rings is 2. The minimum absolute atomic E-state index is 0.238. The summed E-state index contributed by atoms with van der Waals surface area (Å²) >= 11 is 5.94. The Bertz CT molecular complexity index is 829. The number of amides is 2. The maximum atomic E-state index is 12.6. The lowest BCUT2D eigenvalue weighted by atomic mass is 10.0. The van der Waals surface area contributed by atoms with Gasteiger partial charge >= 0.3 is 0 Å². The van der Waals surface area contributed by atoms with Crippen LogP contribution in [0.25, 0.3) is 0 Å². The van der Waals surface area contributed by atoms with E-state index in [-0.39, 0.29) is 11.8 Å². The van der Waals surface area contributed by atoms with Crippen molar-refractivity contribution in [3.63, 3.8) is 0 Å². The Morgan fingerprint density at radius 1 is 1.12 bits per heavy atom. The van der Waals surface area contributed by atoms with Gasteiger partial charge in [0.25, 0.3) is 0 Å². The normalized spacial score (nSPS) is 14.4. The Labute approximate surface area is 157 Å². The van der Waals surface area contributed by atoms with Crippen LogP contribution in [-0.2, 0) is 16.1 Å². The van der Waals surface area contributed by atoms with Gasteiger partial charge in [0, 0.05) is 17.3 Å². The van der Waals surface area contributed by atoms with Crippen LogP contribution < -0.4 is 15.4 Å². The zero-order chi connectivity index (χ0) is 18.7. The second-order valence-electron chi connectivity index (χ2n) is 6.53. The van der Waals surface area contributed by atoms with E-state index < -0.39 is 5.41 Å². The lowest BCUT2D eigenvalue weighted by Crippen LogP contribution is -2.39. The van der Waals surface area contributed by atoms with E-state index in [0.717, 1.165) is 16.9 Å². The van der Waals surface area contributed by atoms with Crippen LogP contribution in [0.15, 0.2) is 42.5 Å². The summed E-state index contributed by atoms with van der Waals surface area (Å²) in [5.74, 6) is 0.254. The van der Waals surface area contributed by atoms with Crippen LogP contribution in [0.5, 0.6) is 5.75 Å². The van der Waals surface area contributed by atoms with Gasteiger partial charge in [-0.1, -0.05) is 23.7 Å². The van der Waals surface area contributed by atoms with Crippen molar-refractivity contribution in [2.75, 3.05) is 12.4 Å². The molecule has 2 aromatic carbocycles. The quantitative estimate of drug-likeness (QED) is 0.760. The number of methoxy groups -OCH3 is 1. The first kappa shape index (κ1) is 18.3. The molecule has 0 aliphatic heterocycles. The van der Waals surface area contributed by atoms with Gasteiger partial charge in [0.15, 0.2) is 0 Å². The summed E-state index contributed by atoms with van der Waals surface area (Å²) < 4.78 is 5.12. The molecule has 1 fully saturated rings. The molecule has 0 saturated heterocycles. The Morgan fingerprint density at radius 2 is 1.81 bits per heavy atom. The zero-order valence-corrected chi connectivity index (χ0v) is 15.5. The van der Waals surface area contributed by atoms with Gasteiger partial charge in [0.2, 0.25) is 11.8 Å². The molecular weight excluding hydrogens is 352 g/mol. The van der Waals surface area contributed by atoms with Crippen LogP contribution in [-0.4, -0.2) is 18.9 Å². The fourth-order valence-electron chi connectivity index (χ4n) is 2.79. The number of rotatable bonds is 6. The Kier molecular flexibility index (Phi) is 5.18. The maximum absolute atomic E-state index is 12.6. The number of ether oxygens (including phenoxy) is 1. The van der Waals surface area contributed by atoms with Crippen molar-refractivity contribution in [1.29, 1.82) is 0 Å². The summed E-state index contributed by atoms with van der Waals surface area (Å²) in [6.45, 7) is 2.24. The van der Waals surface area contributed by atoms with Crippen molar-refractivity contribution in [2.45, 2.75) is 26.3 Å². The molecule has 2 aromatic rings. The fraction of sp³-hybridized carbons (Fsp3) is 0.300. The summed E-state index contributed by atoms with van der Waals surface area (Å²) in [6, 6.07) is 12.7. The average Bonchev–Trinajstić information content (AvgIpc) is 3.44. The van der Waals surface area contributed by atoms with Crippen LogP contribution in [0.3, 0.4) is 0 Å². The number of halogens is 1. The van der Waals surface area contributed by atoms with Gasteiger partial charge in [-0.05, 0) is 61.2 Å². The molecule has 0 bridgehead atoms. The molecule has 0 aromatic heterocycles. The van der Waals surface area contributed by atoms with Gasteiger partial charge < -0.3 is 15.4 Å². The van der Waals surface area contributed by atoms with Crippen molar-refractivity contribution in [3.8, 4) is 5.75 Å².